The van der Waals surface area contributed by atoms with E-state index in [4.69, 9.17) is 14.2 Å². The summed E-state index contributed by atoms with van der Waals surface area (Å²) in [4.78, 5) is 0. The molecule has 31 heavy (non-hydrogen) atoms. The van der Waals surface area contributed by atoms with Crippen molar-refractivity contribution in [1.82, 2.24) is 0 Å². The third-order valence-corrected chi connectivity index (χ3v) is 6.27. The first-order valence-electron chi connectivity index (χ1n) is 10.7. The summed E-state index contributed by atoms with van der Waals surface area (Å²) in [7, 11) is 5.17. The maximum absolute atomic E-state index is 5.54. The Morgan fingerprint density at radius 3 is 0.774 bits per heavy atom. The van der Waals surface area contributed by atoms with Gasteiger partial charge >= 0.3 is 0 Å². The lowest BCUT2D eigenvalue weighted by Crippen LogP contribution is -2.57. The number of rotatable bonds is 6. The number of benzene rings is 3. The first-order valence-corrected chi connectivity index (χ1v) is 10.7. The molecule has 0 aliphatic carbocycles. The van der Waals surface area contributed by atoms with Gasteiger partial charge in [-0.25, -0.2) is 0 Å². The Balaban J connectivity index is 2.41. The summed E-state index contributed by atoms with van der Waals surface area (Å²) in [6, 6.07) is 12.8. The van der Waals surface area contributed by atoms with Crippen LogP contribution < -0.4 is 30.6 Å². The van der Waals surface area contributed by atoms with Gasteiger partial charge in [0.25, 0.3) is 0 Å². The molecule has 0 heterocycles. The predicted molar refractivity (Wildman–Crippen MR) is 132 cm³/mol. The number of methoxy groups -OCH3 is 3. The first-order chi connectivity index (χ1) is 14.7. The van der Waals surface area contributed by atoms with Gasteiger partial charge in [0.15, 0.2) is 0 Å². The summed E-state index contributed by atoms with van der Waals surface area (Å²) in [6.07, 6.45) is 0. The van der Waals surface area contributed by atoms with Crippen molar-refractivity contribution in [1.29, 1.82) is 0 Å². The highest BCUT2D eigenvalue weighted by atomic mass is 16.5. The molecule has 0 N–H and O–H groups in total. The molecule has 0 unspecified atom stereocenters. The van der Waals surface area contributed by atoms with Gasteiger partial charge < -0.3 is 14.2 Å². The van der Waals surface area contributed by atoms with Crippen molar-refractivity contribution in [3.8, 4) is 17.2 Å². The Morgan fingerprint density at radius 1 is 0.419 bits per heavy atom. The van der Waals surface area contributed by atoms with E-state index in [1.165, 1.54) is 49.8 Å². The van der Waals surface area contributed by atoms with Crippen molar-refractivity contribution in [2.45, 2.75) is 41.5 Å². The van der Waals surface area contributed by atoms with Gasteiger partial charge in [-0.05, 0) is 77.9 Å². The SMILES string of the molecule is COc1cc(C)c(B(c2c(C)cc(OC)cc2C)c2c(C)cc(OC)cc2C)c(C)c1. The predicted octanol–water partition coefficient (Wildman–Crippen LogP) is 4.08. The zero-order valence-electron chi connectivity index (χ0n) is 20.3. The van der Waals surface area contributed by atoms with Crippen molar-refractivity contribution in [3.05, 3.63) is 69.8 Å². The fourth-order valence-electron chi connectivity index (χ4n) is 4.96. The summed E-state index contributed by atoms with van der Waals surface area (Å²) in [5, 5.41) is 0. The van der Waals surface area contributed by atoms with Crippen LogP contribution in [-0.4, -0.2) is 28.0 Å². The zero-order valence-corrected chi connectivity index (χ0v) is 20.3. The number of hydrogen-bond donors (Lipinski definition) is 0. The molecule has 0 aliphatic heterocycles. The van der Waals surface area contributed by atoms with E-state index in [0.717, 1.165) is 17.2 Å². The third kappa shape index (κ3) is 4.30. The molecule has 0 saturated carbocycles. The van der Waals surface area contributed by atoms with Crippen molar-refractivity contribution >= 4 is 23.1 Å². The minimum absolute atomic E-state index is 0.0997. The Labute approximate surface area is 187 Å². The fourth-order valence-corrected chi connectivity index (χ4v) is 4.96. The van der Waals surface area contributed by atoms with Crippen LogP contribution in [0, 0.1) is 41.5 Å². The lowest BCUT2D eigenvalue weighted by Gasteiger charge is -2.27. The van der Waals surface area contributed by atoms with Gasteiger partial charge in [-0.1, -0.05) is 49.8 Å². The molecule has 0 amide bonds. The van der Waals surface area contributed by atoms with E-state index in [2.05, 4.69) is 77.9 Å². The molecule has 0 spiro atoms. The van der Waals surface area contributed by atoms with E-state index >= 15 is 0 Å². The molecule has 162 valence electrons. The molecule has 4 heteroatoms. The molecule has 0 fully saturated rings. The lowest BCUT2D eigenvalue weighted by molar-refractivity contribution is 0.414. The van der Waals surface area contributed by atoms with Crippen LogP contribution in [0.3, 0.4) is 0 Å². The highest BCUT2D eigenvalue weighted by Crippen LogP contribution is 2.21. The van der Waals surface area contributed by atoms with Crippen LogP contribution in [0.4, 0.5) is 0 Å². The molecular weight excluding hydrogens is 383 g/mol. The molecule has 0 aliphatic rings. The molecular formula is C27H33BO3. The summed E-state index contributed by atoms with van der Waals surface area (Å²) >= 11 is 0. The number of hydrogen-bond acceptors (Lipinski definition) is 3. The van der Waals surface area contributed by atoms with Gasteiger partial charge in [0.2, 0.25) is 6.71 Å². The van der Waals surface area contributed by atoms with Gasteiger partial charge in [-0.2, -0.15) is 0 Å². The molecule has 0 bridgehead atoms. The highest BCUT2D eigenvalue weighted by Gasteiger charge is 2.31. The molecule has 0 radical (unpaired) electrons. The monoisotopic (exact) mass is 416 g/mol. The Kier molecular flexibility index (Phi) is 6.69. The van der Waals surface area contributed by atoms with Crippen LogP contribution in [0.1, 0.15) is 33.4 Å². The molecule has 3 nitrogen and oxygen atoms in total. The van der Waals surface area contributed by atoms with E-state index in [9.17, 15) is 0 Å². The van der Waals surface area contributed by atoms with Gasteiger partial charge in [0, 0.05) is 0 Å². The van der Waals surface area contributed by atoms with Gasteiger partial charge in [0.05, 0.1) is 21.3 Å². The molecule has 0 saturated heterocycles. The second kappa shape index (κ2) is 9.09. The number of ether oxygens (including phenoxy) is 3. The van der Waals surface area contributed by atoms with Crippen LogP contribution >= 0.6 is 0 Å². The maximum atomic E-state index is 5.54. The summed E-state index contributed by atoms with van der Waals surface area (Å²) < 4.78 is 16.6. The van der Waals surface area contributed by atoms with Crippen LogP contribution in [0.25, 0.3) is 0 Å². The van der Waals surface area contributed by atoms with Crippen LogP contribution in [0.5, 0.6) is 17.2 Å². The van der Waals surface area contributed by atoms with Crippen LogP contribution in [0.2, 0.25) is 0 Å². The van der Waals surface area contributed by atoms with E-state index < -0.39 is 0 Å². The smallest absolute Gasteiger partial charge is 0.243 e. The Hall–Kier alpha value is -2.88. The standard InChI is InChI=1S/C27H33BO3/c1-16-10-22(29-7)11-17(2)25(16)28(26-18(3)12-23(30-8)13-19(26)4)27-20(5)14-24(31-9)15-21(27)6/h10-15H,1-9H3. The summed E-state index contributed by atoms with van der Waals surface area (Å²) in [6.45, 7) is 13.2. The second-order valence-electron chi connectivity index (χ2n) is 8.46. The van der Waals surface area contributed by atoms with E-state index in [-0.39, 0.29) is 6.71 Å². The molecule has 0 aromatic heterocycles. The molecule has 3 aromatic rings. The van der Waals surface area contributed by atoms with E-state index in [1.54, 1.807) is 21.3 Å². The average molecular weight is 416 g/mol. The molecule has 0 atom stereocenters. The fraction of sp³-hybridized carbons (Fsp3) is 0.333. The number of aryl methyl sites for hydroxylation is 6. The van der Waals surface area contributed by atoms with E-state index in [0.29, 0.717) is 0 Å². The van der Waals surface area contributed by atoms with Gasteiger partial charge in [-0.15, -0.1) is 0 Å². The van der Waals surface area contributed by atoms with Gasteiger partial charge in [-0.3, -0.25) is 0 Å². The van der Waals surface area contributed by atoms with Crippen molar-refractivity contribution in [2.75, 3.05) is 21.3 Å². The molecule has 3 aromatic carbocycles. The minimum Gasteiger partial charge on any atom is -0.497 e. The van der Waals surface area contributed by atoms with Crippen molar-refractivity contribution in [3.63, 3.8) is 0 Å². The van der Waals surface area contributed by atoms with Crippen LogP contribution in [0.15, 0.2) is 36.4 Å². The topological polar surface area (TPSA) is 27.7 Å². The van der Waals surface area contributed by atoms with Crippen molar-refractivity contribution < 1.29 is 14.2 Å². The van der Waals surface area contributed by atoms with Crippen LogP contribution in [-0.2, 0) is 0 Å². The molecule has 3 rings (SSSR count). The summed E-state index contributed by atoms with van der Waals surface area (Å²) in [5.74, 6) is 2.68. The third-order valence-electron chi connectivity index (χ3n) is 6.27. The zero-order chi connectivity index (χ0) is 22.9. The minimum atomic E-state index is 0.0997. The average Bonchev–Trinajstić information content (AvgIpc) is 2.71. The largest absolute Gasteiger partial charge is 0.497 e. The second-order valence-corrected chi connectivity index (χ2v) is 8.46. The van der Waals surface area contributed by atoms with E-state index in [1.807, 2.05) is 0 Å². The highest BCUT2D eigenvalue weighted by molar-refractivity contribution is 6.97. The Bertz CT molecular complexity index is 907. The Morgan fingerprint density at radius 2 is 0.613 bits per heavy atom. The van der Waals surface area contributed by atoms with Gasteiger partial charge in [0.1, 0.15) is 17.2 Å². The quantitative estimate of drug-likeness (QED) is 0.567. The van der Waals surface area contributed by atoms with Crippen molar-refractivity contribution in [2.24, 2.45) is 0 Å². The normalized spacial score (nSPS) is 10.7. The maximum Gasteiger partial charge on any atom is 0.243 e. The first kappa shape index (κ1) is 22.8. The summed E-state index contributed by atoms with van der Waals surface area (Å²) in [5.41, 5.74) is 11.3. The lowest BCUT2D eigenvalue weighted by atomic mass is 9.33.